The fraction of sp³-hybridized carbons (Fsp3) is 0. The minimum Gasteiger partial charge on any atom is -0.239 e. The summed E-state index contributed by atoms with van der Waals surface area (Å²) in [6.07, 6.45) is 0. The molecule has 0 saturated heterocycles. The molecule has 2 aromatic carbocycles. The number of hydrogen-bond donors (Lipinski definition) is 0. The summed E-state index contributed by atoms with van der Waals surface area (Å²) in [6.45, 7) is 0. The van der Waals surface area contributed by atoms with Gasteiger partial charge in [-0.1, -0.05) is 0 Å². The lowest BCUT2D eigenvalue weighted by Gasteiger charge is -2.10. The van der Waals surface area contributed by atoms with Crippen LogP contribution < -0.4 is 0 Å². The normalized spacial score (nSPS) is 10.0. The van der Waals surface area contributed by atoms with E-state index in [2.05, 4.69) is 12.1 Å². The van der Waals surface area contributed by atoms with Crippen LogP contribution in [0.4, 0.5) is 0 Å². The van der Waals surface area contributed by atoms with Crippen LogP contribution in [0.5, 0.6) is 0 Å². The Bertz CT molecular complexity index is 271. The van der Waals surface area contributed by atoms with Crippen LogP contribution in [0.25, 0.3) is 10.8 Å². The number of benzene rings is 2. The summed E-state index contributed by atoms with van der Waals surface area (Å²) in [7, 11) is 0. The smallest absolute Gasteiger partial charge is 0.186 e. The molecule has 10 heavy (non-hydrogen) atoms. The van der Waals surface area contributed by atoms with Gasteiger partial charge in [0.15, 0.2) is 0 Å². The lowest BCUT2D eigenvalue weighted by Crippen LogP contribution is -1.68. The van der Waals surface area contributed by atoms with E-state index in [4.69, 9.17) is 0 Å². The predicted octanol–water partition coefficient (Wildman–Crippen LogP) is 2.44. The van der Waals surface area contributed by atoms with Crippen LogP contribution in [-0.4, -0.2) is 0 Å². The summed E-state index contributed by atoms with van der Waals surface area (Å²) in [5.74, 6) is 0. The lowest BCUT2D eigenvalue weighted by atomic mass is 10.1. The highest BCUT2D eigenvalue weighted by molar-refractivity contribution is 5.81. The molecular weight excluding hydrogens is 120 g/mol. The Kier molecular flexibility index (Phi) is 1.17. The van der Waals surface area contributed by atoms with Crippen LogP contribution >= 0.6 is 0 Å². The van der Waals surface area contributed by atoms with Gasteiger partial charge in [0.2, 0.25) is 0 Å². The zero-order valence-corrected chi connectivity index (χ0v) is 5.46. The Morgan fingerprint density at radius 1 is 0.800 bits per heavy atom. The molecule has 0 amide bonds. The zero-order valence-electron chi connectivity index (χ0n) is 5.46. The van der Waals surface area contributed by atoms with E-state index in [1.165, 1.54) is 10.8 Å². The maximum atomic E-state index is 3.02. The molecule has 0 fully saturated rings. The highest BCUT2D eigenvalue weighted by Gasteiger charge is 1.67. The van der Waals surface area contributed by atoms with Gasteiger partial charge >= 0.3 is 0 Å². The van der Waals surface area contributed by atoms with E-state index in [-0.39, 0.29) is 0 Å². The van der Waals surface area contributed by atoms with E-state index >= 15 is 0 Å². The highest BCUT2D eigenvalue weighted by Crippen LogP contribution is 2.10. The third kappa shape index (κ3) is 0.781. The molecule has 0 atom stereocenters. The van der Waals surface area contributed by atoms with Crippen molar-refractivity contribution in [1.29, 1.82) is 0 Å². The Morgan fingerprint density at radius 2 is 1.30 bits per heavy atom. The van der Waals surface area contributed by atoms with Gasteiger partial charge in [-0.15, -0.1) is 0 Å². The molecule has 0 radical (unpaired) electrons. The average Bonchev–Trinajstić information content (AvgIpc) is 2.05. The molecule has 48 valence electrons. The first-order valence-corrected chi connectivity index (χ1v) is 3.23. The molecule has 2 aromatic rings. The first-order valence-electron chi connectivity index (χ1n) is 3.23. The summed E-state index contributed by atoms with van der Waals surface area (Å²) in [6, 6.07) is 17.9. The molecular formula is C10H6-2. The second-order valence-electron chi connectivity index (χ2n) is 2.20. The van der Waals surface area contributed by atoms with Crippen LogP contribution in [0, 0.1) is 12.1 Å². The van der Waals surface area contributed by atoms with Gasteiger partial charge < -0.3 is 0 Å². The van der Waals surface area contributed by atoms with Crippen LogP contribution in [0.2, 0.25) is 0 Å². The van der Waals surface area contributed by atoms with Crippen molar-refractivity contribution in [1.82, 2.24) is 0 Å². The van der Waals surface area contributed by atoms with E-state index < -0.39 is 0 Å². The van der Waals surface area contributed by atoms with Gasteiger partial charge in [0.05, 0.1) is 0 Å². The maximum absolute atomic E-state index is 3.02. The van der Waals surface area contributed by atoms with Crippen LogP contribution in [0.1, 0.15) is 0 Å². The van der Waals surface area contributed by atoms with Crippen LogP contribution in [-0.2, 0) is 0 Å². The second-order valence-corrected chi connectivity index (χ2v) is 2.20. The van der Waals surface area contributed by atoms with Gasteiger partial charge in [0, 0.05) is 0 Å². The fourth-order valence-corrected chi connectivity index (χ4v) is 1.01. The fourth-order valence-electron chi connectivity index (χ4n) is 1.01. The predicted molar refractivity (Wildman–Crippen MR) is 41.6 cm³/mol. The molecule has 0 spiro atoms. The molecule has 0 nitrogen and oxygen atoms in total. The second kappa shape index (κ2) is 2.14. The van der Waals surface area contributed by atoms with Gasteiger partial charge in [0.1, 0.15) is 0 Å². The quantitative estimate of drug-likeness (QED) is 0.475. The summed E-state index contributed by atoms with van der Waals surface area (Å²) in [5, 5.41) is 2.45. The molecule has 0 unspecified atom stereocenters. The standard InChI is InChI=1S/C10H6/c1-2-6-10-8-4-3-7-9(10)5-1/h1,4-8H/q-2. The van der Waals surface area contributed by atoms with Crippen LogP contribution in [0.15, 0.2) is 36.4 Å². The van der Waals surface area contributed by atoms with E-state index in [0.717, 1.165) is 0 Å². The molecule has 0 saturated carbocycles. The van der Waals surface area contributed by atoms with Crippen molar-refractivity contribution < 1.29 is 0 Å². The van der Waals surface area contributed by atoms with E-state index in [1.807, 2.05) is 36.4 Å². The first-order chi connectivity index (χ1) is 4.97. The van der Waals surface area contributed by atoms with Crippen molar-refractivity contribution in [3.8, 4) is 0 Å². The monoisotopic (exact) mass is 126 g/mol. The first kappa shape index (κ1) is 5.48. The number of hydrogen-bond acceptors (Lipinski definition) is 0. The Hall–Kier alpha value is -1.30. The summed E-state index contributed by atoms with van der Waals surface area (Å²) in [4.78, 5) is 0. The lowest BCUT2D eigenvalue weighted by molar-refractivity contribution is 1.73. The van der Waals surface area contributed by atoms with Crippen molar-refractivity contribution in [3.63, 3.8) is 0 Å². The Labute approximate surface area is 60.1 Å². The van der Waals surface area contributed by atoms with E-state index in [9.17, 15) is 0 Å². The minimum absolute atomic E-state index is 1.22. The summed E-state index contributed by atoms with van der Waals surface area (Å²) >= 11 is 0. The average molecular weight is 126 g/mol. The van der Waals surface area contributed by atoms with Gasteiger partial charge in [-0.25, -0.2) is 22.9 Å². The molecule has 0 heterocycles. The van der Waals surface area contributed by atoms with Gasteiger partial charge in [0.25, 0.3) is 0 Å². The highest BCUT2D eigenvalue weighted by atomic mass is 13.9. The van der Waals surface area contributed by atoms with E-state index in [1.54, 1.807) is 0 Å². The molecule has 0 aliphatic heterocycles. The molecule has 2 rings (SSSR count). The summed E-state index contributed by atoms with van der Waals surface area (Å²) < 4.78 is 0. The molecule has 0 N–H and O–H groups in total. The third-order valence-electron chi connectivity index (χ3n) is 1.53. The number of rotatable bonds is 0. The van der Waals surface area contributed by atoms with Crippen LogP contribution in [0.3, 0.4) is 0 Å². The third-order valence-corrected chi connectivity index (χ3v) is 1.53. The van der Waals surface area contributed by atoms with Gasteiger partial charge in [-0.2, -0.15) is 36.4 Å². The van der Waals surface area contributed by atoms with Gasteiger partial charge in [-0.3, -0.25) is 0 Å². The minimum atomic E-state index is 1.22. The maximum Gasteiger partial charge on any atom is -0.186 e. The summed E-state index contributed by atoms with van der Waals surface area (Å²) in [5.41, 5.74) is 0. The number of fused-ring (bicyclic) bond motifs is 1. The Balaban J connectivity index is 2.89. The largest absolute Gasteiger partial charge is 0.239 e. The Morgan fingerprint density at radius 3 is 1.80 bits per heavy atom. The molecule has 0 aliphatic carbocycles. The van der Waals surface area contributed by atoms with E-state index in [0.29, 0.717) is 0 Å². The molecule has 0 aromatic heterocycles. The van der Waals surface area contributed by atoms with Crippen molar-refractivity contribution >= 4 is 10.8 Å². The van der Waals surface area contributed by atoms with Gasteiger partial charge in [-0.05, 0) is 0 Å². The van der Waals surface area contributed by atoms with Crippen molar-refractivity contribution in [2.24, 2.45) is 0 Å². The SMILES string of the molecule is [c-]1ccc2c[c-]ccc2c1. The van der Waals surface area contributed by atoms with Crippen molar-refractivity contribution in [2.45, 2.75) is 0 Å². The zero-order chi connectivity index (χ0) is 6.81. The van der Waals surface area contributed by atoms with Crippen molar-refractivity contribution in [3.05, 3.63) is 48.5 Å². The molecule has 0 bridgehead atoms. The molecule has 0 heteroatoms. The van der Waals surface area contributed by atoms with Crippen molar-refractivity contribution in [2.75, 3.05) is 0 Å². The topological polar surface area (TPSA) is 0 Å². The molecule has 0 aliphatic rings.